The number of aliphatic hydroxyl groups is 1. The van der Waals surface area contributed by atoms with Gasteiger partial charge in [-0.05, 0) is 42.4 Å². The highest BCUT2D eigenvalue weighted by atomic mass is 16.5. The van der Waals surface area contributed by atoms with Crippen molar-refractivity contribution in [2.45, 2.75) is 45.1 Å². The van der Waals surface area contributed by atoms with Gasteiger partial charge >= 0.3 is 0 Å². The predicted octanol–water partition coefficient (Wildman–Crippen LogP) is 3.14. The second kappa shape index (κ2) is 5.41. The Bertz CT molecular complexity index is 430. The van der Waals surface area contributed by atoms with Gasteiger partial charge in [0.15, 0.2) is 0 Å². The maximum Gasteiger partial charge on any atom is 0.123 e. The van der Waals surface area contributed by atoms with E-state index in [1.54, 1.807) is 7.11 Å². The van der Waals surface area contributed by atoms with Crippen molar-refractivity contribution in [1.29, 1.82) is 0 Å². The van der Waals surface area contributed by atoms with Gasteiger partial charge in [0.25, 0.3) is 0 Å². The van der Waals surface area contributed by atoms with Crippen molar-refractivity contribution >= 4 is 0 Å². The van der Waals surface area contributed by atoms with Gasteiger partial charge in [-0.2, -0.15) is 0 Å². The van der Waals surface area contributed by atoms with Crippen molar-refractivity contribution in [2.75, 3.05) is 13.7 Å². The van der Waals surface area contributed by atoms with E-state index in [-0.39, 0.29) is 11.5 Å². The third-order valence-corrected chi connectivity index (χ3v) is 3.57. The van der Waals surface area contributed by atoms with Crippen LogP contribution in [0.5, 0.6) is 11.5 Å². The Labute approximate surface area is 115 Å². The topological polar surface area (TPSA) is 38.7 Å². The van der Waals surface area contributed by atoms with Gasteiger partial charge in [-0.3, -0.25) is 0 Å². The van der Waals surface area contributed by atoms with Crippen molar-refractivity contribution < 1.29 is 14.6 Å². The molecule has 1 unspecified atom stereocenters. The van der Waals surface area contributed by atoms with Crippen LogP contribution in [0.2, 0.25) is 0 Å². The van der Waals surface area contributed by atoms with E-state index in [9.17, 15) is 5.11 Å². The molecule has 0 spiro atoms. The van der Waals surface area contributed by atoms with Crippen molar-refractivity contribution in [3.05, 3.63) is 23.8 Å². The Morgan fingerprint density at radius 1 is 1.32 bits per heavy atom. The highest BCUT2D eigenvalue weighted by Gasteiger charge is 2.30. The molecule has 2 rings (SSSR count). The zero-order valence-electron chi connectivity index (χ0n) is 12.3. The maximum absolute atomic E-state index is 9.90. The molecule has 1 aromatic rings. The maximum atomic E-state index is 9.90. The molecule has 1 aliphatic carbocycles. The van der Waals surface area contributed by atoms with Gasteiger partial charge in [-0.1, -0.05) is 20.8 Å². The number of ether oxygens (including phenoxy) is 2. The van der Waals surface area contributed by atoms with Gasteiger partial charge in [0.1, 0.15) is 18.1 Å². The first-order chi connectivity index (χ1) is 8.91. The van der Waals surface area contributed by atoms with Crippen LogP contribution in [0.25, 0.3) is 0 Å². The van der Waals surface area contributed by atoms with Crippen LogP contribution in [-0.4, -0.2) is 24.9 Å². The van der Waals surface area contributed by atoms with E-state index in [0.29, 0.717) is 12.5 Å². The summed E-state index contributed by atoms with van der Waals surface area (Å²) < 4.78 is 11.1. The molecular weight excluding hydrogens is 240 g/mol. The van der Waals surface area contributed by atoms with Crippen LogP contribution in [0.4, 0.5) is 0 Å². The Balaban J connectivity index is 2.13. The van der Waals surface area contributed by atoms with E-state index in [0.717, 1.165) is 29.9 Å². The molecule has 0 heterocycles. The molecule has 1 atom stereocenters. The lowest BCUT2D eigenvalue weighted by Crippen LogP contribution is -2.21. The van der Waals surface area contributed by atoms with Gasteiger partial charge in [0, 0.05) is 5.56 Å². The molecule has 3 nitrogen and oxygen atoms in total. The summed E-state index contributed by atoms with van der Waals surface area (Å²) in [6.07, 6.45) is 1.91. The largest absolute Gasteiger partial charge is 0.497 e. The summed E-state index contributed by atoms with van der Waals surface area (Å²) in [6, 6.07) is 5.84. The summed E-state index contributed by atoms with van der Waals surface area (Å²) >= 11 is 0. The van der Waals surface area contributed by atoms with Crippen LogP contribution < -0.4 is 9.47 Å². The second-order valence-corrected chi connectivity index (χ2v) is 6.33. The minimum absolute atomic E-state index is 0.0194. The summed E-state index contributed by atoms with van der Waals surface area (Å²) in [5, 5.41) is 9.90. The zero-order chi connectivity index (χ0) is 14.0. The lowest BCUT2D eigenvalue weighted by atomic mass is 9.86. The number of aliphatic hydroxyl groups excluding tert-OH is 1. The molecule has 3 heteroatoms. The summed E-state index contributed by atoms with van der Waals surface area (Å²) in [5.74, 6) is 2.12. The SMILES string of the molecule is COc1ccc(OCC(O)C2CC2)c(C(C)(C)C)c1. The van der Waals surface area contributed by atoms with Gasteiger partial charge < -0.3 is 14.6 Å². The summed E-state index contributed by atoms with van der Waals surface area (Å²) in [4.78, 5) is 0. The van der Waals surface area contributed by atoms with E-state index in [1.165, 1.54) is 0 Å². The molecule has 0 radical (unpaired) electrons. The molecule has 1 saturated carbocycles. The number of rotatable bonds is 5. The summed E-state index contributed by atoms with van der Waals surface area (Å²) in [6.45, 7) is 6.81. The minimum atomic E-state index is -0.338. The smallest absolute Gasteiger partial charge is 0.123 e. The standard InChI is InChI=1S/C16H24O3/c1-16(2,3)13-9-12(18-4)7-8-15(13)19-10-14(17)11-5-6-11/h7-9,11,14,17H,5-6,10H2,1-4H3. The fraction of sp³-hybridized carbons (Fsp3) is 0.625. The van der Waals surface area contributed by atoms with Gasteiger partial charge in [-0.15, -0.1) is 0 Å². The van der Waals surface area contributed by atoms with E-state index in [2.05, 4.69) is 20.8 Å². The molecule has 0 amide bonds. The molecule has 1 fully saturated rings. The van der Waals surface area contributed by atoms with Crippen LogP contribution in [0, 0.1) is 5.92 Å². The molecule has 0 aromatic heterocycles. The highest BCUT2D eigenvalue weighted by Crippen LogP contribution is 2.36. The molecule has 1 N–H and O–H groups in total. The first-order valence-electron chi connectivity index (χ1n) is 6.91. The molecule has 106 valence electrons. The first kappa shape index (κ1) is 14.2. The molecule has 19 heavy (non-hydrogen) atoms. The summed E-state index contributed by atoms with van der Waals surface area (Å²) in [5.41, 5.74) is 1.09. The number of hydrogen-bond acceptors (Lipinski definition) is 3. The van der Waals surface area contributed by atoms with E-state index in [4.69, 9.17) is 9.47 Å². The van der Waals surface area contributed by atoms with Crippen molar-refractivity contribution in [1.82, 2.24) is 0 Å². The summed E-state index contributed by atoms with van der Waals surface area (Å²) in [7, 11) is 1.67. The lowest BCUT2D eigenvalue weighted by molar-refractivity contribution is 0.0884. The van der Waals surface area contributed by atoms with Crippen molar-refractivity contribution in [3.63, 3.8) is 0 Å². The van der Waals surface area contributed by atoms with Crippen LogP contribution in [0.15, 0.2) is 18.2 Å². The first-order valence-corrected chi connectivity index (χ1v) is 6.91. The van der Waals surface area contributed by atoms with Crippen LogP contribution in [0.3, 0.4) is 0 Å². The van der Waals surface area contributed by atoms with Crippen molar-refractivity contribution in [3.8, 4) is 11.5 Å². The zero-order valence-corrected chi connectivity index (χ0v) is 12.3. The fourth-order valence-electron chi connectivity index (χ4n) is 2.14. The second-order valence-electron chi connectivity index (χ2n) is 6.33. The predicted molar refractivity (Wildman–Crippen MR) is 75.9 cm³/mol. The number of methoxy groups -OCH3 is 1. The van der Waals surface area contributed by atoms with Gasteiger partial charge in [0.2, 0.25) is 0 Å². The third-order valence-electron chi connectivity index (χ3n) is 3.57. The van der Waals surface area contributed by atoms with Crippen LogP contribution in [-0.2, 0) is 5.41 Å². The number of hydrogen-bond donors (Lipinski definition) is 1. The fourth-order valence-corrected chi connectivity index (χ4v) is 2.14. The Hall–Kier alpha value is -1.22. The Morgan fingerprint density at radius 3 is 2.53 bits per heavy atom. The van der Waals surface area contributed by atoms with E-state index < -0.39 is 0 Å². The van der Waals surface area contributed by atoms with Crippen LogP contribution >= 0.6 is 0 Å². The monoisotopic (exact) mass is 264 g/mol. The van der Waals surface area contributed by atoms with E-state index >= 15 is 0 Å². The minimum Gasteiger partial charge on any atom is -0.497 e. The Morgan fingerprint density at radius 2 is 2.00 bits per heavy atom. The third kappa shape index (κ3) is 3.63. The lowest BCUT2D eigenvalue weighted by Gasteiger charge is -2.24. The molecule has 1 aromatic carbocycles. The normalized spacial score (nSPS) is 17.1. The van der Waals surface area contributed by atoms with Crippen molar-refractivity contribution in [2.24, 2.45) is 5.92 Å². The molecule has 0 bridgehead atoms. The molecule has 0 aliphatic heterocycles. The van der Waals surface area contributed by atoms with Gasteiger partial charge in [-0.25, -0.2) is 0 Å². The average Bonchev–Trinajstić information content (AvgIpc) is 3.18. The Kier molecular flexibility index (Phi) is 4.04. The van der Waals surface area contributed by atoms with Gasteiger partial charge in [0.05, 0.1) is 13.2 Å². The highest BCUT2D eigenvalue weighted by molar-refractivity contribution is 5.44. The van der Waals surface area contributed by atoms with E-state index in [1.807, 2.05) is 18.2 Å². The molecule has 0 saturated heterocycles. The average molecular weight is 264 g/mol. The van der Waals surface area contributed by atoms with Crippen LogP contribution in [0.1, 0.15) is 39.2 Å². The molecule has 1 aliphatic rings. The quantitative estimate of drug-likeness (QED) is 0.888. The number of benzene rings is 1. The molecular formula is C16H24O3.